The average Bonchev–Trinajstić information content (AvgIpc) is 2.06. The predicted octanol–water partition coefficient (Wildman–Crippen LogP) is 1.23. The lowest BCUT2D eigenvalue weighted by molar-refractivity contribution is 0.920. The Hall–Kier alpha value is -1.15. The molecule has 0 spiro atoms. The van der Waals surface area contributed by atoms with E-state index in [9.17, 15) is 0 Å². The summed E-state index contributed by atoms with van der Waals surface area (Å²) >= 11 is 0. The first-order valence-electron chi connectivity index (χ1n) is 3.65. The van der Waals surface area contributed by atoms with Gasteiger partial charge in [-0.2, -0.15) is 0 Å². The lowest BCUT2D eigenvalue weighted by Crippen LogP contribution is -2.04. The maximum atomic E-state index is 5.39. The zero-order valence-corrected chi connectivity index (χ0v) is 6.46. The molecule has 0 amide bonds. The highest BCUT2D eigenvalue weighted by atomic mass is 14.7. The first kappa shape index (κ1) is 7.95. The molecule has 1 rings (SSSR count). The third kappa shape index (κ3) is 2.16. The van der Waals surface area contributed by atoms with Gasteiger partial charge in [-0.05, 0) is 24.8 Å². The molecule has 0 aliphatic rings. The Morgan fingerprint density at radius 2 is 2.36 bits per heavy atom. The first-order valence-corrected chi connectivity index (χ1v) is 3.65. The van der Waals surface area contributed by atoms with Crippen molar-refractivity contribution < 1.29 is 0 Å². The monoisotopic (exact) mass is 148 g/mol. The molecule has 0 saturated heterocycles. The van der Waals surface area contributed by atoms with E-state index in [0.717, 1.165) is 17.8 Å². The molecule has 0 aromatic carbocycles. The highest BCUT2D eigenvalue weighted by Crippen LogP contribution is 2.00. The number of nitrogens with two attached hydrogens (primary N) is 1. The molecule has 1 aromatic heterocycles. The summed E-state index contributed by atoms with van der Waals surface area (Å²) in [7, 11) is 0. The van der Waals surface area contributed by atoms with E-state index in [1.165, 1.54) is 0 Å². The van der Waals surface area contributed by atoms with Gasteiger partial charge >= 0.3 is 0 Å². The zero-order chi connectivity index (χ0) is 8.10. The van der Waals surface area contributed by atoms with Crippen molar-refractivity contribution in [2.24, 2.45) is 5.73 Å². The molecule has 0 fully saturated rings. The summed E-state index contributed by atoms with van der Waals surface area (Å²) in [4.78, 5) is 4.28. The topological polar surface area (TPSA) is 38.9 Å². The molecule has 0 aliphatic carbocycles. The van der Waals surface area contributed by atoms with Crippen LogP contribution in [0.3, 0.4) is 0 Å². The zero-order valence-electron chi connectivity index (χ0n) is 6.46. The largest absolute Gasteiger partial charge is 0.330 e. The van der Waals surface area contributed by atoms with Crippen LogP contribution in [-0.2, 0) is 6.42 Å². The predicted molar refractivity (Wildman–Crippen MR) is 47.1 cm³/mol. The van der Waals surface area contributed by atoms with Gasteiger partial charge in [-0.1, -0.05) is 12.6 Å². The molecule has 0 bridgehead atoms. The van der Waals surface area contributed by atoms with Crippen LogP contribution >= 0.6 is 0 Å². The lowest BCUT2D eigenvalue weighted by Gasteiger charge is -1.97. The fourth-order valence-electron chi connectivity index (χ4n) is 0.899. The fourth-order valence-corrected chi connectivity index (χ4v) is 0.899. The molecule has 0 atom stereocenters. The fraction of sp³-hybridized carbons (Fsp3) is 0.222. The summed E-state index contributed by atoms with van der Waals surface area (Å²) in [6, 6.07) is 5.86. The molecule has 2 heteroatoms. The number of hydrogen-bond donors (Lipinski definition) is 1. The molecule has 58 valence electrons. The third-order valence-corrected chi connectivity index (χ3v) is 1.44. The van der Waals surface area contributed by atoms with Crippen molar-refractivity contribution in [1.29, 1.82) is 0 Å². The molecule has 2 N–H and O–H groups in total. The van der Waals surface area contributed by atoms with E-state index in [0.29, 0.717) is 6.54 Å². The molecular weight excluding hydrogens is 136 g/mol. The Bertz CT molecular complexity index is 243. The number of hydrogen-bond acceptors (Lipinski definition) is 2. The van der Waals surface area contributed by atoms with Gasteiger partial charge < -0.3 is 5.73 Å². The minimum absolute atomic E-state index is 0.646. The molecule has 0 unspecified atom stereocenters. The summed E-state index contributed by atoms with van der Waals surface area (Å²) in [6.07, 6.45) is 2.57. The van der Waals surface area contributed by atoms with E-state index in [4.69, 9.17) is 5.73 Å². The third-order valence-electron chi connectivity index (χ3n) is 1.44. The average molecular weight is 148 g/mol. The molecule has 1 heterocycles. The first-order chi connectivity index (χ1) is 5.36. The van der Waals surface area contributed by atoms with E-state index < -0.39 is 0 Å². The maximum absolute atomic E-state index is 5.39. The Morgan fingerprint density at radius 1 is 1.55 bits per heavy atom. The number of pyridine rings is 1. The van der Waals surface area contributed by atoms with Crippen LogP contribution in [0, 0.1) is 0 Å². The van der Waals surface area contributed by atoms with Gasteiger partial charge in [-0.25, -0.2) is 0 Å². The van der Waals surface area contributed by atoms with Gasteiger partial charge in [-0.15, -0.1) is 0 Å². The summed E-state index contributed by atoms with van der Waals surface area (Å²) in [5.41, 5.74) is 7.33. The SMILES string of the molecule is C=Cc1cccc(CCN)n1. The minimum atomic E-state index is 0.646. The van der Waals surface area contributed by atoms with E-state index >= 15 is 0 Å². The van der Waals surface area contributed by atoms with Crippen LogP contribution in [0.5, 0.6) is 0 Å². The van der Waals surface area contributed by atoms with Gasteiger partial charge in [0, 0.05) is 12.1 Å². The van der Waals surface area contributed by atoms with Crippen LogP contribution in [0.25, 0.3) is 6.08 Å². The second-order valence-electron chi connectivity index (χ2n) is 2.30. The minimum Gasteiger partial charge on any atom is -0.330 e. The van der Waals surface area contributed by atoms with Crippen molar-refractivity contribution in [3.63, 3.8) is 0 Å². The van der Waals surface area contributed by atoms with Gasteiger partial charge in [-0.3, -0.25) is 4.98 Å². The molecule has 0 aliphatic heterocycles. The van der Waals surface area contributed by atoms with Crippen LogP contribution in [0.4, 0.5) is 0 Å². The smallest absolute Gasteiger partial charge is 0.0627 e. The molecule has 11 heavy (non-hydrogen) atoms. The Morgan fingerprint density at radius 3 is 3.00 bits per heavy atom. The van der Waals surface area contributed by atoms with Gasteiger partial charge in [0.05, 0.1) is 5.69 Å². The van der Waals surface area contributed by atoms with E-state index in [1.807, 2.05) is 18.2 Å². The van der Waals surface area contributed by atoms with Crippen molar-refractivity contribution in [3.8, 4) is 0 Å². The van der Waals surface area contributed by atoms with Gasteiger partial charge in [0.1, 0.15) is 0 Å². The summed E-state index contributed by atoms with van der Waals surface area (Å²) in [5, 5.41) is 0. The molecule has 2 nitrogen and oxygen atoms in total. The van der Waals surface area contributed by atoms with Gasteiger partial charge in [0.25, 0.3) is 0 Å². The van der Waals surface area contributed by atoms with Crippen molar-refractivity contribution >= 4 is 6.08 Å². The quantitative estimate of drug-likeness (QED) is 0.700. The van der Waals surface area contributed by atoms with Crippen LogP contribution in [0.15, 0.2) is 24.8 Å². The van der Waals surface area contributed by atoms with Crippen LogP contribution in [0.1, 0.15) is 11.4 Å². The van der Waals surface area contributed by atoms with Crippen LogP contribution in [-0.4, -0.2) is 11.5 Å². The lowest BCUT2D eigenvalue weighted by atomic mass is 10.2. The summed E-state index contributed by atoms with van der Waals surface area (Å²) < 4.78 is 0. The molecule has 0 saturated carbocycles. The normalized spacial score (nSPS) is 9.55. The molecule has 0 radical (unpaired) electrons. The highest BCUT2D eigenvalue weighted by Gasteiger charge is 1.92. The van der Waals surface area contributed by atoms with Crippen LogP contribution < -0.4 is 5.73 Å². The standard InChI is InChI=1S/C9H12N2/c1-2-8-4-3-5-9(11-8)6-7-10/h2-5H,1,6-7,10H2. The number of rotatable bonds is 3. The maximum Gasteiger partial charge on any atom is 0.0627 e. The summed E-state index contributed by atoms with van der Waals surface area (Å²) in [6.45, 7) is 4.28. The Kier molecular flexibility index (Phi) is 2.81. The number of aromatic nitrogens is 1. The van der Waals surface area contributed by atoms with E-state index in [2.05, 4.69) is 11.6 Å². The highest BCUT2D eigenvalue weighted by molar-refractivity contribution is 5.41. The molecule has 1 aromatic rings. The van der Waals surface area contributed by atoms with Crippen LogP contribution in [0.2, 0.25) is 0 Å². The van der Waals surface area contributed by atoms with Crippen molar-refractivity contribution in [2.75, 3.05) is 6.54 Å². The van der Waals surface area contributed by atoms with Crippen molar-refractivity contribution in [1.82, 2.24) is 4.98 Å². The van der Waals surface area contributed by atoms with Gasteiger partial charge in [0.15, 0.2) is 0 Å². The second-order valence-corrected chi connectivity index (χ2v) is 2.30. The second kappa shape index (κ2) is 3.88. The van der Waals surface area contributed by atoms with Gasteiger partial charge in [0.2, 0.25) is 0 Å². The Labute approximate surface area is 66.8 Å². The van der Waals surface area contributed by atoms with Crippen molar-refractivity contribution in [2.45, 2.75) is 6.42 Å². The summed E-state index contributed by atoms with van der Waals surface area (Å²) in [5.74, 6) is 0. The Balaban J connectivity index is 2.82. The molecular formula is C9H12N2. The van der Waals surface area contributed by atoms with E-state index in [-0.39, 0.29) is 0 Å². The van der Waals surface area contributed by atoms with Crippen molar-refractivity contribution in [3.05, 3.63) is 36.2 Å². The van der Waals surface area contributed by atoms with E-state index in [1.54, 1.807) is 6.08 Å². The number of nitrogens with zero attached hydrogens (tertiary/aromatic N) is 1.